The first-order chi connectivity index (χ1) is 11.5. The summed E-state index contributed by atoms with van der Waals surface area (Å²) >= 11 is 0. The van der Waals surface area contributed by atoms with Gasteiger partial charge in [-0.2, -0.15) is 0 Å². The summed E-state index contributed by atoms with van der Waals surface area (Å²) in [6.45, 7) is 1.49. The Morgan fingerprint density at radius 1 is 1.33 bits per heavy atom. The molecule has 1 aromatic carbocycles. The monoisotopic (exact) mass is 335 g/mol. The maximum absolute atomic E-state index is 12.1. The number of carboxylic acids is 1. The van der Waals surface area contributed by atoms with Gasteiger partial charge in [0.25, 0.3) is 5.69 Å². The van der Waals surface area contributed by atoms with Crippen LogP contribution in [0.2, 0.25) is 0 Å². The standard InChI is InChI=1S/C16H21N3O5/c20-15(18-10-2-3-12(11-18)16(21)22)4-1-9-17-13-5-7-14(8-6-13)19(23)24/h5-8,12,17H,1-4,9-11H2,(H,21,22)/t12-/m0/s1. The number of rotatable bonds is 7. The summed E-state index contributed by atoms with van der Waals surface area (Å²) in [4.78, 5) is 34.9. The number of carbonyl (C=O) groups is 2. The van der Waals surface area contributed by atoms with Crippen molar-refractivity contribution in [3.63, 3.8) is 0 Å². The molecule has 130 valence electrons. The molecule has 1 atom stereocenters. The van der Waals surface area contributed by atoms with Gasteiger partial charge in [-0.05, 0) is 31.4 Å². The van der Waals surface area contributed by atoms with E-state index in [0.717, 1.165) is 12.1 Å². The third-order valence-corrected chi connectivity index (χ3v) is 4.10. The molecule has 1 aliphatic rings. The van der Waals surface area contributed by atoms with E-state index in [1.54, 1.807) is 17.0 Å². The summed E-state index contributed by atoms with van der Waals surface area (Å²) in [5, 5.41) is 22.7. The lowest BCUT2D eigenvalue weighted by Gasteiger charge is -2.30. The van der Waals surface area contributed by atoms with E-state index in [-0.39, 0.29) is 11.6 Å². The lowest BCUT2D eigenvalue weighted by Crippen LogP contribution is -2.42. The molecular weight excluding hydrogens is 314 g/mol. The largest absolute Gasteiger partial charge is 0.481 e. The molecule has 2 rings (SSSR count). The number of nitro groups is 1. The normalized spacial score (nSPS) is 17.3. The first-order valence-corrected chi connectivity index (χ1v) is 7.96. The molecule has 1 aromatic rings. The van der Waals surface area contributed by atoms with Crippen molar-refractivity contribution >= 4 is 23.3 Å². The molecule has 0 aromatic heterocycles. The number of amides is 1. The zero-order valence-corrected chi connectivity index (χ0v) is 13.3. The van der Waals surface area contributed by atoms with Gasteiger partial charge in [-0.15, -0.1) is 0 Å². The average Bonchev–Trinajstić information content (AvgIpc) is 2.59. The third-order valence-electron chi connectivity index (χ3n) is 4.10. The van der Waals surface area contributed by atoms with Crippen LogP contribution in [0.1, 0.15) is 25.7 Å². The number of non-ortho nitro benzene ring substituents is 1. The van der Waals surface area contributed by atoms with Gasteiger partial charge in [-0.3, -0.25) is 19.7 Å². The number of carbonyl (C=O) groups excluding carboxylic acids is 1. The molecule has 0 saturated carbocycles. The fourth-order valence-corrected chi connectivity index (χ4v) is 2.74. The Balaban J connectivity index is 1.70. The second-order valence-corrected chi connectivity index (χ2v) is 5.85. The second-order valence-electron chi connectivity index (χ2n) is 5.85. The van der Waals surface area contributed by atoms with Gasteiger partial charge < -0.3 is 15.3 Å². The van der Waals surface area contributed by atoms with Gasteiger partial charge in [-0.1, -0.05) is 0 Å². The van der Waals surface area contributed by atoms with E-state index in [1.807, 2.05) is 0 Å². The number of carboxylic acid groups (broad SMARTS) is 1. The molecule has 8 heteroatoms. The number of hydrogen-bond acceptors (Lipinski definition) is 5. The predicted molar refractivity (Wildman–Crippen MR) is 87.8 cm³/mol. The molecule has 0 spiro atoms. The van der Waals surface area contributed by atoms with Crippen molar-refractivity contribution in [3.8, 4) is 0 Å². The van der Waals surface area contributed by atoms with Crippen LogP contribution in [-0.2, 0) is 9.59 Å². The fourth-order valence-electron chi connectivity index (χ4n) is 2.74. The Labute approximate surface area is 139 Å². The summed E-state index contributed by atoms with van der Waals surface area (Å²) in [5.41, 5.74) is 0.797. The topological polar surface area (TPSA) is 113 Å². The maximum Gasteiger partial charge on any atom is 0.308 e. The Morgan fingerprint density at radius 3 is 2.67 bits per heavy atom. The zero-order chi connectivity index (χ0) is 17.5. The summed E-state index contributed by atoms with van der Waals surface area (Å²) in [7, 11) is 0. The summed E-state index contributed by atoms with van der Waals surface area (Å²) < 4.78 is 0. The van der Waals surface area contributed by atoms with Gasteiger partial charge in [0.1, 0.15) is 0 Å². The molecule has 1 amide bonds. The number of likely N-dealkylation sites (tertiary alicyclic amines) is 1. The molecule has 0 bridgehead atoms. The molecule has 24 heavy (non-hydrogen) atoms. The minimum absolute atomic E-state index is 0.0218. The zero-order valence-electron chi connectivity index (χ0n) is 13.3. The van der Waals surface area contributed by atoms with Crippen LogP contribution in [0.4, 0.5) is 11.4 Å². The third kappa shape index (κ3) is 4.94. The number of aliphatic carboxylic acids is 1. The van der Waals surface area contributed by atoms with E-state index in [1.165, 1.54) is 12.1 Å². The first kappa shape index (κ1) is 17.7. The lowest BCUT2D eigenvalue weighted by molar-refractivity contribution is -0.384. The molecule has 2 N–H and O–H groups in total. The van der Waals surface area contributed by atoms with Crippen LogP contribution in [-0.4, -0.2) is 46.4 Å². The van der Waals surface area contributed by atoms with Gasteiger partial charge in [0.2, 0.25) is 5.91 Å². The van der Waals surface area contributed by atoms with Gasteiger partial charge in [-0.25, -0.2) is 0 Å². The molecule has 1 fully saturated rings. The number of benzene rings is 1. The molecule has 1 heterocycles. The molecular formula is C16H21N3O5. The molecule has 1 aliphatic heterocycles. The highest BCUT2D eigenvalue weighted by atomic mass is 16.6. The SMILES string of the molecule is O=C(O)[C@H]1CCCN(C(=O)CCCNc2ccc([N+](=O)[O-])cc2)C1. The van der Waals surface area contributed by atoms with Crippen molar-refractivity contribution in [1.82, 2.24) is 4.90 Å². The number of piperidine rings is 1. The van der Waals surface area contributed by atoms with Crippen molar-refractivity contribution < 1.29 is 19.6 Å². The van der Waals surface area contributed by atoms with E-state index in [0.29, 0.717) is 38.9 Å². The van der Waals surface area contributed by atoms with Crippen LogP contribution in [0.3, 0.4) is 0 Å². The lowest BCUT2D eigenvalue weighted by atomic mass is 9.98. The quantitative estimate of drug-likeness (QED) is 0.448. The molecule has 0 radical (unpaired) electrons. The molecule has 1 saturated heterocycles. The Bertz CT molecular complexity index is 602. The van der Waals surface area contributed by atoms with E-state index in [4.69, 9.17) is 5.11 Å². The smallest absolute Gasteiger partial charge is 0.308 e. The molecule has 0 aliphatic carbocycles. The van der Waals surface area contributed by atoms with Crippen LogP contribution < -0.4 is 5.32 Å². The summed E-state index contributed by atoms with van der Waals surface area (Å²) in [5.74, 6) is -1.32. The van der Waals surface area contributed by atoms with Crippen LogP contribution in [0.5, 0.6) is 0 Å². The number of anilines is 1. The van der Waals surface area contributed by atoms with E-state index >= 15 is 0 Å². The number of nitro benzene ring substituents is 1. The van der Waals surface area contributed by atoms with Gasteiger partial charge in [0, 0.05) is 43.9 Å². The Hall–Kier alpha value is -2.64. The van der Waals surface area contributed by atoms with E-state index in [9.17, 15) is 19.7 Å². The minimum atomic E-state index is -0.840. The van der Waals surface area contributed by atoms with E-state index in [2.05, 4.69) is 5.32 Å². The maximum atomic E-state index is 12.1. The minimum Gasteiger partial charge on any atom is -0.481 e. The van der Waals surface area contributed by atoms with Crippen LogP contribution in [0.15, 0.2) is 24.3 Å². The van der Waals surface area contributed by atoms with Gasteiger partial charge >= 0.3 is 5.97 Å². The summed E-state index contributed by atoms with van der Waals surface area (Å²) in [6, 6.07) is 6.10. The van der Waals surface area contributed by atoms with Crippen LogP contribution in [0, 0.1) is 16.0 Å². The highest BCUT2D eigenvalue weighted by molar-refractivity contribution is 5.78. The molecule has 8 nitrogen and oxygen atoms in total. The second kappa shape index (κ2) is 8.28. The van der Waals surface area contributed by atoms with E-state index < -0.39 is 16.8 Å². The van der Waals surface area contributed by atoms with Crippen molar-refractivity contribution in [2.75, 3.05) is 25.0 Å². The van der Waals surface area contributed by atoms with Crippen molar-refractivity contribution in [2.24, 2.45) is 5.92 Å². The number of hydrogen-bond donors (Lipinski definition) is 2. The highest BCUT2D eigenvalue weighted by Crippen LogP contribution is 2.18. The Kier molecular flexibility index (Phi) is 6.11. The number of nitrogens with one attached hydrogen (secondary N) is 1. The van der Waals surface area contributed by atoms with Crippen molar-refractivity contribution in [1.29, 1.82) is 0 Å². The number of nitrogens with zero attached hydrogens (tertiary/aromatic N) is 2. The average molecular weight is 335 g/mol. The Morgan fingerprint density at radius 2 is 2.04 bits per heavy atom. The van der Waals surface area contributed by atoms with Crippen molar-refractivity contribution in [3.05, 3.63) is 34.4 Å². The van der Waals surface area contributed by atoms with Crippen molar-refractivity contribution in [2.45, 2.75) is 25.7 Å². The van der Waals surface area contributed by atoms with Crippen LogP contribution >= 0.6 is 0 Å². The predicted octanol–water partition coefficient (Wildman–Crippen LogP) is 2.11. The van der Waals surface area contributed by atoms with Gasteiger partial charge in [0.05, 0.1) is 10.8 Å². The summed E-state index contributed by atoms with van der Waals surface area (Å²) in [6.07, 6.45) is 2.32. The first-order valence-electron chi connectivity index (χ1n) is 7.96. The fraction of sp³-hybridized carbons (Fsp3) is 0.500. The highest BCUT2D eigenvalue weighted by Gasteiger charge is 2.27. The van der Waals surface area contributed by atoms with Crippen LogP contribution in [0.25, 0.3) is 0 Å². The van der Waals surface area contributed by atoms with Gasteiger partial charge in [0.15, 0.2) is 0 Å². The molecule has 0 unspecified atom stereocenters.